The average molecular weight is 333 g/mol. The second-order valence-electron chi connectivity index (χ2n) is 6.25. The maximum absolute atomic E-state index is 11.9. The number of aromatic nitrogens is 2. The highest BCUT2D eigenvalue weighted by molar-refractivity contribution is 7.99. The van der Waals surface area contributed by atoms with Crippen LogP contribution in [-0.4, -0.2) is 27.4 Å². The van der Waals surface area contributed by atoms with Gasteiger partial charge in [0.2, 0.25) is 11.8 Å². The van der Waals surface area contributed by atoms with Crippen LogP contribution < -0.4 is 5.32 Å². The Bertz CT molecular complexity index is 695. The highest BCUT2D eigenvalue weighted by Crippen LogP contribution is 2.24. The second kappa shape index (κ2) is 7.17. The number of nitrogens with one attached hydrogen (secondary N) is 1. The van der Waals surface area contributed by atoms with E-state index < -0.39 is 0 Å². The fraction of sp³-hybridized carbons (Fsp3) is 0.471. The van der Waals surface area contributed by atoms with E-state index in [1.54, 1.807) is 0 Å². The number of carbonyl (C=O) groups excluding carboxylic acids is 1. The smallest absolute Gasteiger partial charge is 0.277 e. The molecule has 2 aromatic rings. The molecule has 2 rings (SSSR count). The molecular formula is C17H23N3O2S. The number of nitrogens with zero attached hydrogens (tertiary/aromatic N) is 2. The van der Waals surface area contributed by atoms with E-state index in [0.29, 0.717) is 11.1 Å². The Morgan fingerprint density at radius 2 is 2.00 bits per heavy atom. The number of aryl methyl sites for hydroxylation is 2. The van der Waals surface area contributed by atoms with Crippen LogP contribution in [0.1, 0.15) is 38.3 Å². The third-order valence-corrected chi connectivity index (χ3v) is 4.67. The van der Waals surface area contributed by atoms with Crippen LogP contribution in [0.15, 0.2) is 27.8 Å². The molecule has 0 unspecified atom stereocenters. The molecule has 0 aliphatic heterocycles. The normalized spacial score (nSPS) is 11.5. The van der Waals surface area contributed by atoms with E-state index in [0.717, 1.165) is 12.0 Å². The van der Waals surface area contributed by atoms with Crippen LogP contribution in [0.3, 0.4) is 0 Å². The fourth-order valence-electron chi connectivity index (χ4n) is 1.89. The molecule has 0 bridgehead atoms. The number of carbonyl (C=O) groups is 1. The predicted molar refractivity (Wildman–Crippen MR) is 92.4 cm³/mol. The minimum Gasteiger partial charge on any atom is -0.411 e. The van der Waals surface area contributed by atoms with Crippen LogP contribution in [0.2, 0.25) is 0 Å². The Hall–Kier alpha value is -1.82. The van der Waals surface area contributed by atoms with Crippen molar-refractivity contribution in [2.24, 2.45) is 0 Å². The monoisotopic (exact) mass is 333 g/mol. The summed E-state index contributed by atoms with van der Waals surface area (Å²) in [5, 5.41) is 11.4. The molecule has 0 saturated carbocycles. The summed E-state index contributed by atoms with van der Waals surface area (Å²) in [6.07, 6.45) is 0.876. The van der Waals surface area contributed by atoms with Crippen LogP contribution in [-0.2, 0) is 4.79 Å². The van der Waals surface area contributed by atoms with Crippen molar-refractivity contribution in [2.75, 3.05) is 5.75 Å². The number of thioether (sulfide) groups is 1. The van der Waals surface area contributed by atoms with Crippen molar-refractivity contribution in [1.29, 1.82) is 0 Å². The van der Waals surface area contributed by atoms with Crippen molar-refractivity contribution >= 4 is 17.7 Å². The molecule has 5 nitrogen and oxygen atoms in total. The molecule has 0 fully saturated rings. The average Bonchev–Trinajstić information content (AvgIpc) is 2.96. The molecule has 0 aliphatic carbocycles. The van der Waals surface area contributed by atoms with Crippen LogP contribution in [0, 0.1) is 13.8 Å². The molecule has 0 atom stereocenters. The third kappa shape index (κ3) is 4.82. The van der Waals surface area contributed by atoms with Crippen LogP contribution >= 0.6 is 11.8 Å². The Balaban J connectivity index is 1.97. The summed E-state index contributed by atoms with van der Waals surface area (Å²) in [4.78, 5) is 11.9. The molecule has 0 radical (unpaired) electrons. The first-order chi connectivity index (χ1) is 10.8. The second-order valence-corrected chi connectivity index (χ2v) is 7.17. The Morgan fingerprint density at radius 3 is 2.65 bits per heavy atom. The summed E-state index contributed by atoms with van der Waals surface area (Å²) < 4.78 is 5.63. The van der Waals surface area contributed by atoms with Gasteiger partial charge in [0.1, 0.15) is 0 Å². The van der Waals surface area contributed by atoms with Gasteiger partial charge in [-0.15, -0.1) is 10.2 Å². The molecule has 6 heteroatoms. The van der Waals surface area contributed by atoms with Gasteiger partial charge in [0.05, 0.1) is 5.75 Å². The summed E-state index contributed by atoms with van der Waals surface area (Å²) in [5.74, 6) is 0.704. The molecule has 23 heavy (non-hydrogen) atoms. The predicted octanol–water partition coefficient (Wildman–Crippen LogP) is 3.75. The van der Waals surface area contributed by atoms with Gasteiger partial charge in [-0.1, -0.05) is 24.8 Å². The molecule has 0 spiro atoms. The maximum Gasteiger partial charge on any atom is 0.277 e. The molecule has 124 valence electrons. The zero-order chi connectivity index (χ0) is 17.0. The molecule has 1 aromatic carbocycles. The van der Waals surface area contributed by atoms with E-state index in [9.17, 15) is 4.79 Å². The summed E-state index contributed by atoms with van der Waals surface area (Å²) >= 11 is 1.25. The Labute approximate surface area is 141 Å². The Kier molecular flexibility index (Phi) is 5.46. The van der Waals surface area contributed by atoms with E-state index in [4.69, 9.17) is 4.42 Å². The molecule has 1 N–H and O–H groups in total. The molecular weight excluding hydrogens is 310 g/mol. The first-order valence-corrected chi connectivity index (χ1v) is 8.64. The van der Waals surface area contributed by atoms with E-state index in [1.807, 2.05) is 45.9 Å². The SMILES string of the molecule is CCC(C)(C)NC(=O)CSc1nnc(-c2ccc(C)c(C)c2)o1. The van der Waals surface area contributed by atoms with Crippen LogP contribution in [0.25, 0.3) is 11.5 Å². The van der Waals surface area contributed by atoms with Gasteiger partial charge in [-0.25, -0.2) is 0 Å². The molecule has 0 aliphatic rings. The zero-order valence-corrected chi connectivity index (χ0v) is 15.1. The lowest BCUT2D eigenvalue weighted by molar-refractivity contribution is -0.120. The first-order valence-electron chi connectivity index (χ1n) is 7.65. The summed E-state index contributed by atoms with van der Waals surface area (Å²) in [5.41, 5.74) is 3.09. The lowest BCUT2D eigenvalue weighted by Crippen LogP contribution is -2.43. The van der Waals surface area contributed by atoms with E-state index in [1.165, 1.54) is 22.9 Å². The van der Waals surface area contributed by atoms with Gasteiger partial charge < -0.3 is 9.73 Å². The summed E-state index contributed by atoms with van der Waals surface area (Å²) in [6, 6.07) is 6.01. The molecule has 1 heterocycles. The number of amides is 1. The summed E-state index contributed by atoms with van der Waals surface area (Å²) in [6.45, 7) is 10.1. The van der Waals surface area contributed by atoms with Gasteiger partial charge >= 0.3 is 0 Å². The lowest BCUT2D eigenvalue weighted by Gasteiger charge is -2.24. The zero-order valence-electron chi connectivity index (χ0n) is 14.3. The highest BCUT2D eigenvalue weighted by Gasteiger charge is 2.18. The van der Waals surface area contributed by atoms with Crippen molar-refractivity contribution in [3.05, 3.63) is 29.3 Å². The van der Waals surface area contributed by atoms with Gasteiger partial charge in [0.25, 0.3) is 5.22 Å². The largest absolute Gasteiger partial charge is 0.411 e. The van der Waals surface area contributed by atoms with Crippen LogP contribution in [0.4, 0.5) is 0 Å². The molecule has 0 saturated heterocycles. The van der Waals surface area contributed by atoms with Crippen molar-refractivity contribution in [3.63, 3.8) is 0 Å². The highest BCUT2D eigenvalue weighted by atomic mass is 32.2. The number of hydrogen-bond acceptors (Lipinski definition) is 5. The van der Waals surface area contributed by atoms with Crippen molar-refractivity contribution < 1.29 is 9.21 Å². The number of rotatable bonds is 6. The van der Waals surface area contributed by atoms with E-state index >= 15 is 0 Å². The van der Waals surface area contributed by atoms with Gasteiger partial charge in [0.15, 0.2) is 0 Å². The van der Waals surface area contributed by atoms with E-state index in [2.05, 4.69) is 22.4 Å². The maximum atomic E-state index is 11.9. The minimum absolute atomic E-state index is 0.0345. The van der Waals surface area contributed by atoms with Gasteiger partial charge in [-0.3, -0.25) is 4.79 Å². The summed E-state index contributed by atoms with van der Waals surface area (Å²) in [7, 11) is 0. The molecule has 1 aromatic heterocycles. The quantitative estimate of drug-likeness (QED) is 0.815. The van der Waals surface area contributed by atoms with Crippen LogP contribution in [0.5, 0.6) is 0 Å². The van der Waals surface area contributed by atoms with Gasteiger partial charge in [-0.2, -0.15) is 0 Å². The molecule has 1 amide bonds. The number of hydrogen-bond donors (Lipinski definition) is 1. The lowest BCUT2D eigenvalue weighted by atomic mass is 10.0. The third-order valence-electron chi connectivity index (χ3n) is 3.85. The topological polar surface area (TPSA) is 68.0 Å². The van der Waals surface area contributed by atoms with Crippen molar-refractivity contribution in [3.8, 4) is 11.5 Å². The fourth-order valence-corrected chi connectivity index (χ4v) is 2.45. The van der Waals surface area contributed by atoms with Gasteiger partial charge in [0, 0.05) is 11.1 Å². The van der Waals surface area contributed by atoms with Crippen molar-refractivity contribution in [1.82, 2.24) is 15.5 Å². The first kappa shape index (κ1) is 17.5. The minimum atomic E-state index is -0.197. The Morgan fingerprint density at radius 1 is 1.26 bits per heavy atom. The number of benzene rings is 1. The van der Waals surface area contributed by atoms with E-state index in [-0.39, 0.29) is 17.2 Å². The van der Waals surface area contributed by atoms with Gasteiger partial charge in [-0.05, 0) is 57.4 Å². The van der Waals surface area contributed by atoms with Crippen molar-refractivity contribution in [2.45, 2.75) is 51.8 Å². The standard InChI is InChI=1S/C17H23N3O2S/c1-6-17(4,5)18-14(21)10-23-16-20-19-15(22-16)13-8-7-11(2)12(3)9-13/h7-9H,6,10H2,1-5H3,(H,18,21).